The van der Waals surface area contributed by atoms with Crippen LogP contribution in [-0.2, 0) is 9.53 Å². The smallest absolute Gasteiger partial charge is 0.243 e. The van der Waals surface area contributed by atoms with Crippen LogP contribution in [0.1, 0.15) is 19.3 Å². The number of hydrogen-bond acceptors (Lipinski definition) is 4. The van der Waals surface area contributed by atoms with Crippen molar-refractivity contribution >= 4 is 11.9 Å². The number of rotatable bonds is 4. The van der Waals surface area contributed by atoms with Crippen molar-refractivity contribution in [1.29, 1.82) is 0 Å². The van der Waals surface area contributed by atoms with Crippen molar-refractivity contribution in [2.45, 2.75) is 31.3 Å². The molecule has 3 aliphatic rings. The van der Waals surface area contributed by atoms with Crippen molar-refractivity contribution in [2.75, 3.05) is 60.0 Å². The van der Waals surface area contributed by atoms with E-state index in [4.69, 9.17) is 4.74 Å². The molecule has 23 heavy (non-hydrogen) atoms. The van der Waals surface area contributed by atoms with Gasteiger partial charge in [0.1, 0.15) is 6.54 Å². The second kappa shape index (κ2) is 7.49. The fraction of sp³-hybridized carbons (Fsp3) is 0.875. The van der Waals surface area contributed by atoms with Crippen LogP contribution in [0.5, 0.6) is 0 Å². The van der Waals surface area contributed by atoms with Gasteiger partial charge < -0.3 is 19.9 Å². The van der Waals surface area contributed by atoms with E-state index >= 15 is 0 Å². The predicted octanol–water partition coefficient (Wildman–Crippen LogP) is -0.411. The minimum Gasteiger partial charge on any atom is -0.379 e. The number of nitrogens with one attached hydrogen (secondary N) is 1. The maximum atomic E-state index is 11.8. The molecule has 0 bridgehead atoms. The third-order valence-electron chi connectivity index (χ3n) is 4.80. The van der Waals surface area contributed by atoms with Crippen LogP contribution in [-0.4, -0.2) is 98.7 Å². The number of likely N-dealkylation sites (N-methyl/N-ethyl adjacent to an activating group) is 1. The Hall–Kier alpha value is -1.34. The van der Waals surface area contributed by atoms with Crippen molar-refractivity contribution in [3.8, 4) is 0 Å². The van der Waals surface area contributed by atoms with Crippen LogP contribution in [0, 0.1) is 0 Å². The Morgan fingerprint density at radius 2 is 1.96 bits per heavy atom. The fourth-order valence-corrected chi connectivity index (χ4v) is 3.11. The molecule has 1 saturated carbocycles. The van der Waals surface area contributed by atoms with Crippen LogP contribution in [0.2, 0.25) is 0 Å². The molecule has 3 fully saturated rings. The first-order chi connectivity index (χ1) is 11.1. The van der Waals surface area contributed by atoms with Crippen molar-refractivity contribution in [1.82, 2.24) is 20.0 Å². The standard InChI is InChI=1S/C16H29N5O2/c1-19(2)15(22)11-17-16(18-13-3-4-13)21-6-5-14(12-21)20-7-9-23-10-8-20/h13-14H,3-12H2,1-2H3,(H,17,18). The number of amides is 1. The van der Waals surface area contributed by atoms with Gasteiger partial charge in [0, 0.05) is 52.4 Å². The average molecular weight is 323 g/mol. The molecule has 1 N–H and O–H groups in total. The highest BCUT2D eigenvalue weighted by Crippen LogP contribution is 2.21. The molecule has 2 saturated heterocycles. The minimum atomic E-state index is 0.0454. The Kier molecular flexibility index (Phi) is 5.38. The van der Waals surface area contributed by atoms with Gasteiger partial charge in [0.05, 0.1) is 13.2 Å². The molecule has 0 aromatic heterocycles. The summed E-state index contributed by atoms with van der Waals surface area (Å²) in [6.45, 7) is 5.97. The summed E-state index contributed by atoms with van der Waals surface area (Å²) in [5, 5.41) is 3.51. The third kappa shape index (κ3) is 4.57. The Morgan fingerprint density at radius 1 is 1.22 bits per heavy atom. The molecule has 130 valence electrons. The molecule has 7 heteroatoms. The summed E-state index contributed by atoms with van der Waals surface area (Å²) < 4.78 is 5.45. The first-order valence-electron chi connectivity index (χ1n) is 8.71. The summed E-state index contributed by atoms with van der Waals surface area (Å²) in [6, 6.07) is 1.13. The third-order valence-corrected chi connectivity index (χ3v) is 4.80. The fourth-order valence-electron chi connectivity index (χ4n) is 3.11. The lowest BCUT2D eigenvalue weighted by Crippen LogP contribution is -2.47. The van der Waals surface area contributed by atoms with E-state index in [9.17, 15) is 4.79 Å². The molecule has 3 rings (SSSR count). The lowest BCUT2D eigenvalue weighted by molar-refractivity contribution is -0.127. The Bertz CT molecular complexity index is 444. The number of carbonyl (C=O) groups excluding carboxylic acids is 1. The van der Waals surface area contributed by atoms with Gasteiger partial charge in [-0.2, -0.15) is 0 Å². The van der Waals surface area contributed by atoms with Crippen molar-refractivity contribution in [3.05, 3.63) is 0 Å². The van der Waals surface area contributed by atoms with Gasteiger partial charge in [-0.25, -0.2) is 4.99 Å². The number of guanidine groups is 1. The van der Waals surface area contributed by atoms with Crippen LogP contribution < -0.4 is 5.32 Å². The molecule has 0 spiro atoms. The van der Waals surface area contributed by atoms with E-state index in [-0.39, 0.29) is 12.5 Å². The maximum Gasteiger partial charge on any atom is 0.243 e. The summed E-state index contributed by atoms with van der Waals surface area (Å²) >= 11 is 0. The highest BCUT2D eigenvalue weighted by Gasteiger charge is 2.32. The number of aliphatic imine (C=N–C) groups is 1. The second-order valence-electron chi connectivity index (χ2n) is 6.88. The zero-order valence-corrected chi connectivity index (χ0v) is 14.3. The number of carbonyl (C=O) groups is 1. The zero-order chi connectivity index (χ0) is 16.2. The average Bonchev–Trinajstić information content (AvgIpc) is 3.25. The van der Waals surface area contributed by atoms with E-state index in [0.717, 1.165) is 51.8 Å². The molecule has 1 atom stereocenters. The first kappa shape index (κ1) is 16.5. The van der Waals surface area contributed by atoms with Gasteiger partial charge in [0.25, 0.3) is 0 Å². The lowest BCUT2D eigenvalue weighted by atomic mass is 10.2. The van der Waals surface area contributed by atoms with Gasteiger partial charge in [0.15, 0.2) is 5.96 Å². The Balaban J connectivity index is 1.58. The van der Waals surface area contributed by atoms with Crippen LogP contribution in [0.15, 0.2) is 4.99 Å². The van der Waals surface area contributed by atoms with Gasteiger partial charge in [0.2, 0.25) is 5.91 Å². The van der Waals surface area contributed by atoms with Crippen LogP contribution >= 0.6 is 0 Å². The molecule has 0 radical (unpaired) electrons. The maximum absolute atomic E-state index is 11.8. The number of hydrogen-bond donors (Lipinski definition) is 1. The highest BCUT2D eigenvalue weighted by atomic mass is 16.5. The van der Waals surface area contributed by atoms with E-state index in [0.29, 0.717) is 12.1 Å². The number of ether oxygens (including phenoxy) is 1. The van der Waals surface area contributed by atoms with Crippen molar-refractivity contribution < 1.29 is 9.53 Å². The van der Waals surface area contributed by atoms with Crippen LogP contribution in [0.4, 0.5) is 0 Å². The summed E-state index contributed by atoms with van der Waals surface area (Å²) in [5.74, 6) is 0.961. The normalized spacial score (nSPS) is 26.4. The van der Waals surface area contributed by atoms with Gasteiger partial charge >= 0.3 is 0 Å². The quantitative estimate of drug-likeness (QED) is 0.563. The summed E-state index contributed by atoms with van der Waals surface area (Å²) in [4.78, 5) is 22.9. The monoisotopic (exact) mass is 323 g/mol. The van der Waals surface area contributed by atoms with E-state index in [1.165, 1.54) is 12.8 Å². The largest absolute Gasteiger partial charge is 0.379 e. The molecular weight excluding hydrogens is 294 g/mol. The molecule has 2 aliphatic heterocycles. The van der Waals surface area contributed by atoms with Gasteiger partial charge in [-0.05, 0) is 19.3 Å². The van der Waals surface area contributed by atoms with Crippen molar-refractivity contribution in [2.24, 2.45) is 4.99 Å². The molecular formula is C16H29N5O2. The predicted molar refractivity (Wildman–Crippen MR) is 89.5 cm³/mol. The summed E-state index contributed by atoms with van der Waals surface area (Å²) in [6.07, 6.45) is 3.58. The van der Waals surface area contributed by atoms with E-state index in [1.54, 1.807) is 19.0 Å². The van der Waals surface area contributed by atoms with E-state index < -0.39 is 0 Å². The van der Waals surface area contributed by atoms with Gasteiger partial charge in [-0.15, -0.1) is 0 Å². The van der Waals surface area contributed by atoms with E-state index in [2.05, 4.69) is 20.1 Å². The van der Waals surface area contributed by atoms with Gasteiger partial charge in [-0.1, -0.05) is 0 Å². The van der Waals surface area contributed by atoms with Crippen molar-refractivity contribution in [3.63, 3.8) is 0 Å². The highest BCUT2D eigenvalue weighted by molar-refractivity contribution is 5.85. The minimum absolute atomic E-state index is 0.0454. The molecule has 0 aromatic carbocycles. The van der Waals surface area contributed by atoms with Crippen LogP contribution in [0.25, 0.3) is 0 Å². The second-order valence-corrected chi connectivity index (χ2v) is 6.88. The molecule has 7 nitrogen and oxygen atoms in total. The lowest BCUT2D eigenvalue weighted by Gasteiger charge is -2.32. The van der Waals surface area contributed by atoms with E-state index in [1.807, 2.05) is 0 Å². The first-order valence-corrected chi connectivity index (χ1v) is 8.71. The molecule has 0 aromatic rings. The number of nitrogens with zero attached hydrogens (tertiary/aromatic N) is 4. The SMILES string of the molecule is CN(C)C(=O)CN=C(NC1CC1)N1CCC(N2CCOCC2)C1. The summed E-state index contributed by atoms with van der Waals surface area (Å²) in [7, 11) is 3.55. The topological polar surface area (TPSA) is 60.4 Å². The molecule has 1 amide bonds. The Labute approximate surface area is 138 Å². The Morgan fingerprint density at radius 3 is 2.61 bits per heavy atom. The molecule has 1 aliphatic carbocycles. The molecule has 2 heterocycles. The van der Waals surface area contributed by atoms with Crippen LogP contribution in [0.3, 0.4) is 0 Å². The van der Waals surface area contributed by atoms with Gasteiger partial charge in [-0.3, -0.25) is 9.69 Å². The zero-order valence-electron chi connectivity index (χ0n) is 14.3. The number of likely N-dealkylation sites (tertiary alicyclic amines) is 1. The summed E-state index contributed by atoms with van der Waals surface area (Å²) in [5.41, 5.74) is 0. The number of morpholine rings is 1. The molecule has 1 unspecified atom stereocenters.